The monoisotopic (exact) mass is 245 g/mol. The van der Waals surface area contributed by atoms with E-state index >= 15 is 0 Å². The summed E-state index contributed by atoms with van der Waals surface area (Å²) >= 11 is 11.8. The zero-order chi connectivity index (χ0) is 11.6. The van der Waals surface area contributed by atoms with Crippen LogP contribution in [0.5, 0.6) is 0 Å². The summed E-state index contributed by atoms with van der Waals surface area (Å²) in [5, 5.41) is 1.18. The van der Waals surface area contributed by atoms with Crippen LogP contribution in [0.3, 0.4) is 0 Å². The van der Waals surface area contributed by atoms with Crippen molar-refractivity contribution in [2.45, 2.75) is 19.9 Å². The lowest BCUT2D eigenvalue weighted by Crippen LogP contribution is -2.27. The van der Waals surface area contributed by atoms with Crippen LogP contribution < -0.4 is 0 Å². The highest BCUT2D eigenvalue weighted by Crippen LogP contribution is 2.28. The van der Waals surface area contributed by atoms with Crippen LogP contribution in [0.25, 0.3) is 0 Å². The fourth-order valence-electron chi connectivity index (χ4n) is 1.32. The normalized spacial score (nSPS) is 12.3. The van der Waals surface area contributed by atoms with Gasteiger partial charge in [0.05, 0.1) is 6.04 Å². The molecule has 0 N–H and O–H groups in total. The molecule has 0 fully saturated rings. The zero-order valence-electron chi connectivity index (χ0n) is 8.92. The van der Waals surface area contributed by atoms with E-state index in [4.69, 9.17) is 23.2 Å². The van der Waals surface area contributed by atoms with E-state index in [0.29, 0.717) is 10.0 Å². The second-order valence-corrected chi connectivity index (χ2v) is 4.32. The lowest BCUT2D eigenvalue weighted by Gasteiger charge is -2.24. The Morgan fingerprint density at radius 2 is 2.00 bits per heavy atom. The molecule has 0 aromatic heterocycles. The summed E-state index contributed by atoms with van der Waals surface area (Å²) in [5.74, 6) is 0.00789. The van der Waals surface area contributed by atoms with Gasteiger partial charge in [-0.2, -0.15) is 0 Å². The molecule has 15 heavy (non-hydrogen) atoms. The number of halogens is 2. The van der Waals surface area contributed by atoms with Crippen molar-refractivity contribution in [3.63, 3.8) is 0 Å². The van der Waals surface area contributed by atoms with Crippen molar-refractivity contribution in [2.75, 3.05) is 7.05 Å². The van der Waals surface area contributed by atoms with Crippen LogP contribution in [0.4, 0.5) is 0 Å². The molecule has 0 bridgehead atoms. The molecule has 4 heteroatoms. The van der Waals surface area contributed by atoms with Crippen molar-refractivity contribution < 1.29 is 4.79 Å². The zero-order valence-corrected chi connectivity index (χ0v) is 10.4. The van der Waals surface area contributed by atoms with Gasteiger partial charge in [0.15, 0.2) is 0 Å². The van der Waals surface area contributed by atoms with Crippen LogP contribution in [-0.2, 0) is 4.79 Å². The number of hydrogen-bond acceptors (Lipinski definition) is 1. The molecule has 82 valence electrons. The second-order valence-electron chi connectivity index (χ2n) is 3.47. The topological polar surface area (TPSA) is 20.3 Å². The van der Waals surface area contributed by atoms with Crippen molar-refractivity contribution >= 4 is 29.1 Å². The van der Waals surface area contributed by atoms with E-state index in [1.54, 1.807) is 24.1 Å². The molecule has 0 aliphatic heterocycles. The maximum atomic E-state index is 11.2. The molecule has 0 spiro atoms. The van der Waals surface area contributed by atoms with Gasteiger partial charge in [-0.15, -0.1) is 0 Å². The summed E-state index contributed by atoms with van der Waals surface area (Å²) in [6.07, 6.45) is 0. The van der Waals surface area contributed by atoms with Gasteiger partial charge in [-0.25, -0.2) is 0 Å². The Morgan fingerprint density at radius 1 is 1.40 bits per heavy atom. The van der Waals surface area contributed by atoms with Gasteiger partial charge in [0.25, 0.3) is 0 Å². The third-order valence-electron chi connectivity index (χ3n) is 2.49. The van der Waals surface area contributed by atoms with Crippen LogP contribution in [0.2, 0.25) is 10.0 Å². The standard InChI is InChI=1S/C11H13Cl2NO/c1-7(14(3)8(2)15)10-5-4-9(12)6-11(10)13/h4-7H,1-3H3. The predicted molar refractivity (Wildman–Crippen MR) is 63.3 cm³/mol. The molecule has 1 amide bonds. The Morgan fingerprint density at radius 3 is 2.47 bits per heavy atom. The van der Waals surface area contributed by atoms with Crippen molar-refractivity contribution in [2.24, 2.45) is 0 Å². The quantitative estimate of drug-likeness (QED) is 0.781. The molecule has 0 aliphatic carbocycles. The Balaban J connectivity index is 3.01. The molecule has 1 unspecified atom stereocenters. The lowest BCUT2D eigenvalue weighted by molar-refractivity contribution is -0.129. The Bertz CT molecular complexity index is 379. The molecule has 1 atom stereocenters. The van der Waals surface area contributed by atoms with Gasteiger partial charge >= 0.3 is 0 Å². The van der Waals surface area contributed by atoms with E-state index in [1.807, 2.05) is 13.0 Å². The van der Waals surface area contributed by atoms with Crippen molar-refractivity contribution in [3.05, 3.63) is 33.8 Å². The summed E-state index contributed by atoms with van der Waals surface area (Å²) in [7, 11) is 1.75. The van der Waals surface area contributed by atoms with E-state index in [1.165, 1.54) is 6.92 Å². The molecule has 1 rings (SSSR count). The van der Waals surface area contributed by atoms with Crippen molar-refractivity contribution in [1.82, 2.24) is 4.90 Å². The minimum atomic E-state index is -0.0488. The average Bonchev–Trinajstić information content (AvgIpc) is 2.15. The fraction of sp³-hybridized carbons (Fsp3) is 0.364. The number of rotatable bonds is 2. The van der Waals surface area contributed by atoms with Crippen molar-refractivity contribution in [3.8, 4) is 0 Å². The molecule has 0 saturated carbocycles. The van der Waals surface area contributed by atoms with E-state index in [9.17, 15) is 4.79 Å². The molecule has 1 aromatic carbocycles. The van der Waals surface area contributed by atoms with Gasteiger partial charge in [0, 0.05) is 24.0 Å². The third-order valence-corrected chi connectivity index (χ3v) is 3.05. The van der Waals surface area contributed by atoms with E-state index in [0.717, 1.165) is 5.56 Å². The molecule has 0 heterocycles. The number of nitrogens with zero attached hydrogens (tertiary/aromatic N) is 1. The average molecular weight is 246 g/mol. The molecule has 0 saturated heterocycles. The van der Waals surface area contributed by atoms with E-state index in [2.05, 4.69) is 0 Å². The highest BCUT2D eigenvalue weighted by atomic mass is 35.5. The number of hydrogen-bond donors (Lipinski definition) is 0. The number of benzene rings is 1. The molecule has 0 aliphatic rings. The van der Waals surface area contributed by atoms with E-state index in [-0.39, 0.29) is 11.9 Å². The van der Waals surface area contributed by atoms with Crippen LogP contribution in [0.15, 0.2) is 18.2 Å². The molecular formula is C11H13Cl2NO. The van der Waals surface area contributed by atoms with Gasteiger partial charge in [0.1, 0.15) is 0 Å². The van der Waals surface area contributed by atoms with Crippen LogP contribution in [0.1, 0.15) is 25.5 Å². The SMILES string of the molecule is CC(=O)N(C)C(C)c1ccc(Cl)cc1Cl. The van der Waals surface area contributed by atoms with Crippen LogP contribution in [-0.4, -0.2) is 17.9 Å². The molecular weight excluding hydrogens is 233 g/mol. The second kappa shape index (κ2) is 4.86. The Labute approximate surface area is 99.8 Å². The highest BCUT2D eigenvalue weighted by Gasteiger charge is 2.16. The summed E-state index contributed by atoms with van der Waals surface area (Å²) in [6.45, 7) is 3.46. The van der Waals surface area contributed by atoms with Gasteiger partial charge in [-0.3, -0.25) is 4.79 Å². The Kier molecular flexibility index (Phi) is 4.00. The van der Waals surface area contributed by atoms with E-state index < -0.39 is 0 Å². The maximum Gasteiger partial charge on any atom is 0.219 e. The Hall–Kier alpha value is -0.730. The van der Waals surface area contributed by atoms with Crippen LogP contribution >= 0.6 is 23.2 Å². The smallest absolute Gasteiger partial charge is 0.219 e. The van der Waals surface area contributed by atoms with Gasteiger partial charge in [-0.05, 0) is 24.6 Å². The number of carbonyl (C=O) groups is 1. The first kappa shape index (κ1) is 12.3. The van der Waals surface area contributed by atoms with Gasteiger partial charge in [0.2, 0.25) is 5.91 Å². The minimum Gasteiger partial charge on any atom is -0.339 e. The van der Waals surface area contributed by atoms with Crippen molar-refractivity contribution in [1.29, 1.82) is 0 Å². The lowest BCUT2D eigenvalue weighted by atomic mass is 10.1. The number of carbonyl (C=O) groups excluding carboxylic acids is 1. The highest BCUT2D eigenvalue weighted by molar-refractivity contribution is 6.35. The maximum absolute atomic E-state index is 11.2. The third kappa shape index (κ3) is 2.86. The van der Waals surface area contributed by atoms with Gasteiger partial charge in [-0.1, -0.05) is 29.3 Å². The number of amides is 1. The summed E-state index contributed by atoms with van der Waals surface area (Å²) in [5.41, 5.74) is 0.902. The minimum absolute atomic E-state index is 0.00789. The first-order chi connectivity index (χ1) is 6.93. The molecule has 1 aromatic rings. The summed E-state index contributed by atoms with van der Waals surface area (Å²) in [4.78, 5) is 12.8. The molecule has 0 radical (unpaired) electrons. The predicted octanol–water partition coefficient (Wildman–Crippen LogP) is 3.53. The largest absolute Gasteiger partial charge is 0.339 e. The fourth-order valence-corrected chi connectivity index (χ4v) is 1.89. The summed E-state index contributed by atoms with van der Waals surface area (Å²) in [6, 6.07) is 5.25. The first-order valence-corrected chi connectivity index (χ1v) is 5.37. The molecule has 2 nitrogen and oxygen atoms in total. The summed E-state index contributed by atoms with van der Waals surface area (Å²) < 4.78 is 0. The van der Waals surface area contributed by atoms with Crippen LogP contribution in [0, 0.1) is 0 Å². The first-order valence-electron chi connectivity index (χ1n) is 4.62. The van der Waals surface area contributed by atoms with Gasteiger partial charge < -0.3 is 4.90 Å².